The molecule has 0 aromatic heterocycles. The molecule has 1 aromatic rings. The third kappa shape index (κ3) is 4.03. The molecule has 0 saturated carbocycles. The number of rotatable bonds is 4. The molecule has 1 unspecified atom stereocenters. The van der Waals surface area contributed by atoms with Gasteiger partial charge in [-0.15, -0.1) is 0 Å². The van der Waals surface area contributed by atoms with Gasteiger partial charge in [-0.2, -0.15) is 0 Å². The number of halogens is 1. The zero-order chi connectivity index (χ0) is 11.3. The summed E-state index contributed by atoms with van der Waals surface area (Å²) in [4.78, 5) is 0. The van der Waals surface area contributed by atoms with Crippen molar-refractivity contribution >= 4 is 25.2 Å². The quantitative estimate of drug-likeness (QED) is 0.576. The van der Waals surface area contributed by atoms with E-state index in [0.29, 0.717) is 11.2 Å². The van der Waals surface area contributed by atoms with Gasteiger partial charge in [-0.05, 0) is 41.7 Å². The Morgan fingerprint density at radius 3 is 2.60 bits per heavy atom. The number of hydrogen-bond acceptors (Lipinski definition) is 2. The van der Waals surface area contributed by atoms with Crippen LogP contribution in [0, 0.1) is 0 Å². The van der Waals surface area contributed by atoms with Crippen LogP contribution in [0.5, 0.6) is 0 Å². The van der Waals surface area contributed by atoms with E-state index in [1.165, 1.54) is 6.26 Å². The molecular weight excluding hydrogens is 231 g/mol. The smallest absolute Gasteiger partial charge is 0.262 e. The second kappa shape index (κ2) is 5.89. The Labute approximate surface area is 95.8 Å². The third-order valence-corrected chi connectivity index (χ3v) is 3.01. The zero-order valence-electron chi connectivity index (χ0n) is 8.74. The van der Waals surface area contributed by atoms with Crippen LogP contribution >= 0.6 is 19.6 Å². The molecule has 0 aliphatic carbocycles. The van der Waals surface area contributed by atoms with E-state index in [-0.39, 0.29) is 0 Å². The van der Waals surface area contributed by atoms with Crippen molar-refractivity contribution in [3.05, 3.63) is 41.1 Å². The van der Waals surface area contributed by atoms with Crippen LogP contribution in [-0.4, -0.2) is 6.16 Å². The molecule has 1 rings (SSSR count). The minimum atomic E-state index is -1.56. The monoisotopic (exact) mass is 243 g/mol. The molecule has 0 aliphatic rings. The highest BCUT2D eigenvalue weighted by atomic mass is 35.5. The fourth-order valence-corrected chi connectivity index (χ4v) is 1.54. The predicted molar refractivity (Wildman–Crippen MR) is 64.3 cm³/mol. The van der Waals surface area contributed by atoms with Crippen molar-refractivity contribution in [1.29, 1.82) is 0 Å². The highest BCUT2D eigenvalue weighted by Crippen LogP contribution is 2.24. The molecular formula is C11H13ClO2P+. The van der Waals surface area contributed by atoms with E-state index in [1.54, 1.807) is 0 Å². The van der Waals surface area contributed by atoms with Crippen molar-refractivity contribution < 1.29 is 9.09 Å². The third-order valence-electron chi connectivity index (χ3n) is 1.90. The molecule has 1 atom stereocenters. The maximum Gasteiger partial charge on any atom is 0.555 e. The van der Waals surface area contributed by atoms with Crippen LogP contribution < -0.4 is 0 Å². The van der Waals surface area contributed by atoms with Crippen molar-refractivity contribution in [2.24, 2.45) is 0 Å². The molecule has 4 heteroatoms. The Balaban J connectivity index is 2.71. The predicted octanol–water partition coefficient (Wildman–Crippen LogP) is 4.48. The van der Waals surface area contributed by atoms with E-state index >= 15 is 0 Å². The fraction of sp³-hybridized carbons (Fsp3) is 0.273. The Hall–Kier alpha value is -0.850. The summed E-state index contributed by atoms with van der Waals surface area (Å²) >= 11 is 5.77. The van der Waals surface area contributed by atoms with Crippen molar-refractivity contribution in [2.45, 2.75) is 13.8 Å². The number of benzene rings is 1. The number of hydrogen-bond donors (Lipinski definition) is 0. The van der Waals surface area contributed by atoms with Crippen LogP contribution in [0.15, 0.2) is 30.5 Å². The summed E-state index contributed by atoms with van der Waals surface area (Å²) in [5, 5.41) is 0.701. The van der Waals surface area contributed by atoms with Crippen LogP contribution in [0.25, 0.3) is 5.57 Å². The highest BCUT2D eigenvalue weighted by molar-refractivity contribution is 7.39. The molecule has 0 amide bonds. The lowest BCUT2D eigenvalue weighted by Gasteiger charge is -1.98. The van der Waals surface area contributed by atoms with E-state index < -0.39 is 8.03 Å². The maximum absolute atomic E-state index is 11.1. The zero-order valence-corrected chi connectivity index (χ0v) is 10.4. The summed E-state index contributed by atoms with van der Waals surface area (Å²) in [6, 6.07) is 7.43. The molecule has 0 spiro atoms. The first kappa shape index (κ1) is 12.2. The summed E-state index contributed by atoms with van der Waals surface area (Å²) in [6.45, 7) is 3.73. The Morgan fingerprint density at radius 1 is 1.47 bits per heavy atom. The van der Waals surface area contributed by atoms with Gasteiger partial charge in [0.15, 0.2) is 12.4 Å². The molecule has 0 bridgehead atoms. The summed E-state index contributed by atoms with van der Waals surface area (Å²) in [6.07, 6.45) is 2.06. The van der Waals surface area contributed by atoms with Gasteiger partial charge in [0, 0.05) is 5.02 Å². The van der Waals surface area contributed by atoms with Gasteiger partial charge < -0.3 is 0 Å². The van der Waals surface area contributed by atoms with E-state index in [0.717, 1.165) is 11.1 Å². The first-order chi connectivity index (χ1) is 7.13. The molecule has 1 aromatic carbocycles. The van der Waals surface area contributed by atoms with Gasteiger partial charge in [-0.25, -0.2) is 0 Å². The Bertz CT molecular complexity index is 371. The van der Waals surface area contributed by atoms with Crippen LogP contribution in [-0.2, 0) is 9.09 Å². The first-order valence-corrected chi connectivity index (χ1v) is 6.41. The second-order valence-electron chi connectivity index (χ2n) is 3.06. The SMILES string of the molecule is CC[P+](=O)OC=C(C)c1ccc(Cl)cc1. The Morgan fingerprint density at radius 2 is 2.07 bits per heavy atom. The summed E-state index contributed by atoms with van der Waals surface area (Å²) in [5.41, 5.74) is 1.95. The minimum Gasteiger partial charge on any atom is -0.262 e. The maximum atomic E-state index is 11.1. The van der Waals surface area contributed by atoms with Crippen LogP contribution in [0.3, 0.4) is 0 Å². The van der Waals surface area contributed by atoms with Crippen molar-refractivity contribution in [3.63, 3.8) is 0 Å². The van der Waals surface area contributed by atoms with Gasteiger partial charge in [-0.1, -0.05) is 23.7 Å². The number of allylic oxidation sites excluding steroid dienone is 1. The molecule has 0 saturated heterocycles. The van der Waals surface area contributed by atoms with Gasteiger partial charge in [0.25, 0.3) is 0 Å². The average molecular weight is 244 g/mol. The van der Waals surface area contributed by atoms with Crippen LogP contribution in [0.1, 0.15) is 19.4 Å². The lowest BCUT2D eigenvalue weighted by molar-refractivity contribution is 0.465. The highest BCUT2D eigenvalue weighted by Gasteiger charge is 2.10. The first-order valence-electron chi connectivity index (χ1n) is 4.67. The van der Waals surface area contributed by atoms with Crippen molar-refractivity contribution in [2.75, 3.05) is 6.16 Å². The van der Waals surface area contributed by atoms with Crippen LogP contribution in [0.2, 0.25) is 5.02 Å². The molecule has 0 heterocycles. The lowest BCUT2D eigenvalue weighted by atomic mass is 10.1. The van der Waals surface area contributed by atoms with Gasteiger partial charge in [0.2, 0.25) is 0 Å². The average Bonchev–Trinajstić information content (AvgIpc) is 2.26. The van der Waals surface area contributed by atoms with Gasteiger partial charge >= 0.3 is 8.03 Å². The molecule has 80 valence electrons. The van der Waals surface area contributed by atoms with E-state index in [1.807, 2.05) is 38.1 Å². The van der Waals surface area contributed by atoms with Gasteiger partial charge in [-0.3, -0.25) is 4.52 Å². The summed E-state index contributed by atoms with van der Waals surface area (Å²) < 4.78 is 16.1. The summed E-state index contributed by atoms with van der Waals surface area (Å²) in [5.74, 6) is 0. The topological polar surface area (TPSA) is 26.3 Å². The molecule has 0 fully saturated rings. The molecule has 0 aliphatic heterocycles. The molecule has 15 heavy (non-hydrogen) atoms. The standard InChI is InChI=1S/C11H13ClO2P/c1-3-15(13)14-8-9(2)10-4-6-11(12)7-5-10/h4-8H,3H2,1-2H3/q+1. The lowest BCUT2D eigenvalue weighted by Crippen LogP contribution is -1.80. The van der Waals surface area contributed by atoms with Gasteiger partial charge in [0.05, 0.1) is 0 Å². The van der Waals surface area contributed by atoms with E-state index in [4.69, 9.17) is 16.1 Å². The second-order valence-corrected chi connectivity index (χ2v) is 5.01. The largest absolute Gasteiger partial charge is 0.555 e. The van der Waals surface area contributed by atoms with E-state index in [2.05, 4.69) is 0 Å². The van der Waals surface area contributed by atoms with Crippen molar-refractivity contribution in [3.8, 4) is 0 Å². The fourth-order valence-electron chi connectivity index (χ4n) is 0.993. The van der Waals surface area contributed by atoms with Gasteiger partial charge in [0.1, 0.15) is 0 Å². The Kier molecular flexibility index (Phi) is 4.80. The minimum absolute atomic E-state index is 0.528. The van der Waals surface area contributed by atoms with Crippen molar-refractivity contribution in [1.82, 2.24) is 0 Å². The molecule has 0 radical (unpaired) electrons. The van der Waals surface area contributed by atoms with Crippen LogP contribution in [0.4, 0.5) is 0 Å². The molecule has 0 N–H and O–H groups in total. The van der Waals surface area contributed by atoms with E-state index in [9.17, 15) is 4.57 Å². The molecule has 2 nitrogen and oxygen atoms in total. The normalized spacial score (nSPS) is 12.5. The summed E-state index contributed by atoms with van der Waals surface area (Å²) in [7, 11) is -1.56.